The number of para-hydroxylation sites is 2. The number of fused-ring (bicyclic) bond motifs is 17. The third-order valence-electron chi connectivity index (χ3n) is 13.9. The Morgan fingerprint density at radius 1 is 0.266 bits per heavy atom. The Labute approximate surface area is 373 Å². The summed E-state index contributed by atoms with van der Waals surface area (Å²) in [5.74, 6) is 0. The summed E-state index contributed by atoms with van der Waals surface area (Å²) in [6.45, 7) is 0. The summed E-state index contributed by atoms with van der Waals surface area (Å²) in [6.07, 6.45) is 0. The average molecular weight is 812 g/mol. The molecular formula is C63H41N. The molecule has 64 heavy (non-hydrogen) atoms. The largest absolute Gasteiger partial charge is 0.309 e. The quantitative estimate of drug-likeness (QED) is 0.157. The second-order valence-electron chi connectivity index (χ2n) is 17.1. The Bertz CT molecular complexity index is 3540. The molecule has 0 saturated heterocycles. The minimum atomic E-state index is -0.694. The van der Waals surface area contributed by atoms with Gasteiger partial charge in [0, 0.05) is 16.8 Å². The van der Waals surface area contributed by atoms with E-state index in [1.54, 1.807) is 0 Å². The summed E-state index contributed by atoms with van der Waals surface area (Å²) in [7, 11) is 0. The molecule has 2 aliphatic carbocycles. The van der Waals surface area contributed by atoms with Crippen molar-refractivity contribution >= 4 is 38.6 Å². The van der Waals surface area contributed by atoms with Gasteiger partial charge in [-0.1, -0.05) is 224 Å². The van der Waals surface area contributed by atoms with Crippen molar-refractivity contribution < 1.29 is 0 Å². The number of nitrogens with zero attached hydrogens (tertiary/aromatic N) is 1. The van der Waals surface area contributed by atoms with Crippen LogP contribution >= 0.6 is 0 Å². The van der Waals surface area contributed by atoms with E-state index >= 15 is 0 Å². The zero-order valence-electron chi connectivity index (χ0n) is 35.1. The standard InChI is InChI=1S/C63H41N/c1-3-21-42(22-4-1)45-25-15-19-37-59(45)64(60-38-20-16-26-46(60)43-23-5-2-6-24-43)44-39-40-52-48-28-8-7-27-47(48)51-31-13-17-35-56(51)63(58(52)41-44)57-36-18-14-34-55(57)61-53-32-11-9-29-49(53)50-30-10-12-33-54(50)62(61)63/h1-41H. The van der Waals surface area contributed by atoms with Crippen LogP contribution in [0.3, 0.4) is 0 Å². The molecule has 0 aromatic heterocycles. The Morgan fingerprint density at radius 2 is 0.672 bits per heavy atom. The average Bonchev–Trinajstić information content (AvgIpc) is 3.64. The first kappa shape index (κ1) is 36.4. The smallest absolute Gasteiger partial charge is 0.0732 e. The van der Waals surface area contributed by atoms with Gasteiger partial charge in [-0.3, -0.25) is 0 Å². The first-order valence-electron chi connectivity index (χ1n) is 22.3. The lowest BCUT2D eigenvalue weighted by Crippen LogP contribution is -2.30. The van der Waals surface area contributed by atoms with E-state index in [1.807, 2.05) is 0 Å². The van der Waals surface area contributed by atoms with Crippen LogP contribution in [0.2, 0.25) is 0 Å². The molecule has 0 aliphatic heterocycles. The van der Waals surface area contributed by atoms with Crippen LogP contribution in [0, 0.1) is 0 Å². The van der Waals surface area contributed by atoms with Gasteiger partial charge < -0.3 is 4.90 Å². The predicted octanol–water partition coefficient (Wildman–Crippen LogP) is 16.8. The molecule has 1 heteroatoms. The topological polar surface area (TPSA) is 3.24 Å². The lowest BCUT2D eigenvalue weighted by atomic mass is 9.64. The lowest BCUT2D eigenvalue weighted by Gasteiger charge is -2.37. The van der Waals surface area contributed by atoms with Crippen molar-refractivity contribution in [1.29, 1.82) is 0 Å². The lowest BCUT2D eigenvalue weighted by molar-refractivity contribution is 0.783. The first-order valence-corrected chi connectivity index (χ1v) is 22.3. The third kappa shape index (κ3) is 5.19. The normalized spacial score (nSPS) is 14.3. The van der Waals surface area contributed by atoms with E-state index in [4.69, 9.17) is 0 Å². The van der Waals surface area contributed by atoms with Crippen LogP contribution in [0.25, 0.3) is 77.2 Å². The highest BCUT2D eigenvalue weighted by molar-refractivity contribution is 6.20. The van der Waals surface area contributed by atoms with Gasteiger partial charge in [-0.2, -0.15) is 0 Å². The fraction of sp³-hybridized carbons (Fsp3) is 0.0159. The molecule has 0 heterocycles. The van der Waals surface area contributed by atoms with Crippen molar-refractivity contribution in [1.82, 2.24) is 0 Å². The summed E-state index contributed by atoms with van der Waals surface area (Å²) in [5, 5.41) is 5.12. The van der Waals surface area contributed by atoms with E-state index in [0.29, 0.717) is 0 Å². The van der Waals surface area contributed by atoms with Crippen LogP contribution < -0.4 is 4.90 Å². The Hall–Kier alpha value is -8.26. The number of benzene rings is 11. The summed E-state index contributed by atoms with van der Waals surface area (Å²) < 4.78 is 0. The van der Waals surface area contributed by atoms with E-state index in [2.05, 4.69) is 254 Å². The van der Waals surface area contributed by atoms with Gasteiger partial charge in [-0.15, -0.1) is 0 Å². The highest BCUT2D eigenvalue weighted by atomic mass is 15.1. The van der Waals surface area contributed by atoms with Crippen molar-refractivity contribution in [2.75, 3.05) is 4.90 Å². The molecule has 1 unspecified atom stereocenters. The van der Waals surface area contributed by atoms with Gasteiger partial charge in [0.15, 0.2) is 0 Å². The SMILES string of the molecule is c1ccc(-c2ccccc2N(c2ccc3c(c2)C2(c4ccccc4-c4ccccc4-3)c3ccccc3-c3c2c2ccccc2c2ccccc32)c2ccccc2-c2ccccc2)cc1. The molecule has 1 spiro atoms. The Morgan fingerprint density at radius 3 is 1.27 bits per heavy atom. The molecule has 2 aliphatic rings. The van der Waals surface area contributed by atoms with Gasteiger partial charge in [0.1, 0.15) is 0 Å². The summed E-state index contributed by atoms with van der Waals surface area (Å²) in [4.78, 5) is 2.52. The number of hydrogen-bond donors (Lipinski definition) is 0. The van der Waals surface area contributed by atoms with Crippen LogP contribution in [-0.4, -0.2) is 0 Å². The molecule has 0 fully saturated rings. The maximum atomic E-state index is 2.55. The molecular weight excluding hydrogens is 771 g/mol. The van der Waals surface area contributed by atoms with Crippen LogP contribution in [0.1, 0.15) is 22.3 Å². The van der Waals surface area contributed by atoms with E-state index in [0.717, 1.165) is 17.1 Å². The molecule has 11 aromatic carbocycles. The van der Waals surface area contributed by atoms with Crippen LogP contribution in [0.15, 0.2) is 249 Å². The molecule has 0 radical (unpaired) electrons. The van der Waals surface area contributed by atoms with E-state index in [1.165, 1.54) is 99.4 Å². The minimum Gasteiger partial charge on any atom is -0.309 e. The molecule has 13 rings (SSSR count). The van der Waals surface area contributed by atoms with Gasteiger partial charge in [0.2, 0.25) is 0 Å². The first-order chi connectivity index (χ1) is 31.8. The Balaban J connectivity index is 1.21. The van der Waals surface area contributed by atoms with Crippen molar-refractivity contribution in [3.63, 3.8) is 0 Å². The summed E-state index contributed by atoms with van der Waals surface area (Å²) in [5.41, 5.74) is 20.1. The van der Waals surface area contributed by atoms with Gasteiger partial charge >= 0.3 is 0 Å². The van der Waals surface area contributed by atoms with Gasteiger partial charge in [0.25, 0.3) is 0 Å². The molecule has 0 amide bonds. The fourth-order valence-electron chi connectivity index (χ4n) is 11.4. The number of anilines is 3. The van der Waals surface area contributed by atoms with Crippen LogP contribution in [0.4, 0.5) is 17.1 Å². The van der Waals surface area contributed by atoms with Crippen LogP contribution in [-0.2, 0) is 5.41 Å². The van der Waals surface area contributed by atoms with Crippen molar-refractivity contribution in [2.45, 2.75) is 5.41 Å². The molecule has 0 saturated carbocycles. The molecule has 1 atom stereocenters. The van der Waals surface area contributed by atoms with Crippen LogP contribution in [0.5, 0.6) is 0 Å². The monoisotopic (exact) mass is 811 g/mol. The molecule has 0 bridgehead atoms. The minimum absolute atomic E-state index is 0.694. The second kappa shape index (κ2) is 14.4. The Kier molecular flexibility index (Phi) is 8.20. The van der Waals surface area contributed by atoms with Gasteiger partial charge in [-0.05, 0) is 113 Å². The third-order valence-corrected chi connectivity index (χ3v) is 13.9. The van der Waals surface area contributed by atoms with E-state index in [-0.39, 0.29) is 0 Å². The van der Waals surface area contributed by atoms with Crippen molar-refractivity contribution in [3.8, 4) is 55.6 Å². The number of rotatable bonds is 5. The second-order valence-corrected chi connectivity index (χ2v) is 17.1. The maximum absolute atomic E-state index is 2.55. The molecule has 1 nitrogen and oxygen atoms in total. The maximum Gasteiger partial charge on any atom is 0.0732 e. The van der Waals surface area contributed by atoms with E-state index < -0.39 is 5.41 Å². The molecule has 298 valence electrons. The zero-order valence-corrected chi connectivity index (χ0v) is 35.1. The number of hydrogen-bond acceptors (Lipinski definition) is 1. The van der Waals surface area contributed by atoms with Gasteiger partial charge in [-0.25, -0.2) is 0 Å². The highest BCUT2D eigenvalue weighted by Crippen LogP contribution is 2.65. The summed E-state index contributed by atoms with van der Waals surface area (Å²) >= 11 is 0. The van der Waals surface area contributed by atoms with E-state index in [9.17, 15) is 0 Å². The zero-order chi connectivity index (χ0) is 42.2. The van der Waals surface area contributed by atoms with Crippen molar-refractivity contribution in [3.05, 3.63) is 271 Å². The highest BCUT2D eigenvalue weighted by Gasteiger charge is 2.51. The van der Waals surface area contributed by atoms with Crippen molar-refractivity contribution in [2.24, 2.45) is 0 Å². The molecule has 11 aromatic rings. The predicted molar refractivity (Wildman–Crippen MR) is 269 cm³/mol. The summed E-state index contributed by atoms with van der Waals surface area (Å²) in [6, 6.07) is 92.5. The van der Waals surface area contributed by atoms with Gasteiger partial charge in [0.05, 0.1) is 16.8 Å². The fourth-order valence-corrected chi connectivity index (χ4v) is 11.4. The molecule has 0 N–H and O–H groups in total.